The van der Waals surface area contributed by atoms with E-state index in [1.165, 1.54) is 16.9 Å². The van der Waals surface area contributed by atoms with Gasteiger partial charge in [-0.25, -0.2) is 14.6 Å². The van der Waals surface area contributed by atoms with Gasteiger partial charge in [-0.15, -0.1) is 0 Å². The Morgan fingerprint density at radius 2 is 1.90 bits per heavy atom. The Morgan fingerprint density at radius 3 is 2.44 bits per heavy atom. The van der Waals surface area contributed by atoms with E-state index in [9.17, 15) is 14.7 Å². The van der Waals surface area contributed by atoms with Crippen LogP contribution in [0.1, 0.15) is 88.1 Å². The fraction of sp³-hybridized carbons (Fsp3) is 0.581. The summed E-state index contributed by atoms with van der Waals surface area (Å²) in [5.41, 5.74) is 3.58. The molecule has 1 aliphatic carbocycles. The molecule has 0 spiro atoms. The van der Waals surface area contributed by atoms with Crippen LogP contribution in [0.15, 0.2) is 36.5 Å². The van der Waals surface area contributed by atoms with Crippen LogP contribution in [0.3, 0.4) is 0 Å². The fourth-order valence-electron chi connectivity index (χ4n) is 6.21. The number of aromatic nitrogens is 1. The molecule has 8 nitrogen and oxygen atoms in total. The summed E-state index contributed by atoms with van der Waals surface area (Å²) in [7, 11) is 1.61. The molecule has 1 amide bonds. The zero-order chi connectivity index (χ0) is 28.5. The number of carbonyl (C=O) groups excluding carboxylic acids is 1. The van der Waals surface area contributed by atoms with E-state index in [0.29, 0.717) is 18.3 Å². The number of aliphatic carboxylic acids is 1. The number of benzene rings is 1. The highest BCUT2D eigenvalue weighted by Gasteiger charge is 2.58. The van der Waals surface area contributed by atoms with E-state index in [2.05, 4.69) is 16.4 Å². The lowest BCUT2D eigenvalue weighted by Crippen LogP contribution is -2.48. The minimum Gasteiger partial charge on any atom is -0.481 e. The first-order valence-corrected chi connectivity index (χ1v) is 14.0. The summed E-state index contributed by atoms with van der Waals surface area (Å²) in [5, 5.41) is 14.2. The van der Waals surface area contributed by atoms with Gasteiger partial charge in [0.2, 0.25) is 5.88 Å². The van der Waals surface area contributed by atoms with Crippen molar-refractivity contribution in [2.45, 2.75) is 97.5 Å². The van der Waals surface area contributed by atoms with Crippen LogP contribution in [0.4, 0.5) is 4.79 Å². The van der Waals surface area contributed by atoms with Crippen LogP contribution in [0.25, 0.3) is 0 Å². The Balaban J connectivity index is 1.80. The van der Waals surface area contributed by atoms with E-state index in [1.54, 1.807) is 21.0 Å². The maximum atomic E-state index is 13.6. The third-order valence-electron chi connectivity index (χ3n) is 8.22. The van der Waals surface area contributed by atoms with Crippen LogP contribution in [-0.4, -0.2) is 52.4 Å². The largest absolute Gasteiger partial charge is 0.481 e. The smallest absolute Gasteiger partial charge is 0.411 e. The lowest BCUT2D eigenvalue weighted by atomic mass is 9.72. The second-order valence-corrected chi connectivity index (χ2v) is 12.3. The number of ether oxygens (including phenoxy) is 2. The van der Waals surface area contributed by atoms with Crippen molar-refractivity contribution < 1.29 is 24.2 Å². The van der Waals surface area contributed by atoms with Gasteiger partial charge in [0.15, 0.2) is 0 Å². The highest BCUT2D eigenvalue weighted by atomic mass is 16.6. The molecule has 1 saturated heterocycles. The zero-order valence-electron chi connectivity index (χ0n) is 24.2. The number of rotatable bonds is 8. The zero-order valence-corrected chi connectivity index (χ0v) is 24.2. The number of aryl methyl sites for hydroxylation is 1. The minimum atomic E-state index is -1.07. The standard InChI is InChI=1S/C31H43N3O5/c1-18(2)39-30(37)34-26(23-14-9-8-11-19(23)3)25(24(31(4,5)6)27(34)29(35)36)32-17-22-15-21(20-12-10-13-20)16-33-28(22)38-7/h8-9,11,14-16,18,20,24-27,32H,10,12-13,17H2,1-7H3,(H,35,36)/t24-,25-,26-,27-/m0/s1. The van der Waals surface area contributed by atoms with Gasteiger partial charge in [0.1, 0.15) is 6.04 Å². The topological polar surface area (TPSA) is 101 Å². The summed E-state index contributed by atoms with van der Waals surface area (Å²) in [6, 6.07) is 8.03. The number of carboxylic acids is 1. The predicted octanol–water partition coefficient (Wildman–Crippen LogP) is 5.84. The number of amides is 1. The summed E-state index contributed by atoms with van der Waals surface area (Å²) in [6.45, 7) is 12.1. The first-order chi connectivity index (χ1) is 18.4. The molecule has 2 N–H and O–H groups in total. The van der Waals surface area contributed by atoms with Gasteiger partial charge in [0, 0.05) is 30.3 Å². The number of hydrogen-bond donors (Lipinski definition) is 2. The molecule has 2 aliphatic rings. The van der Waals surface area contributed by atoms with Crippen LogP contribution in [0.5, 0.6) is 5.88 Å². The Morgan fingerprint density at radius 1 is 1.21 bits per heavy atom. The molecule has 0 radical (unpaired) electrons. The van der Waals surface area contributed by atoms with Crippen molar-refractivity contribution in [2.24, 2.45) is 11.3 Å². The number of nitrogens with one attached hydrogen (secondary N) is 1. The average molecular weight is 538 g/mol. The lowest BCUT2D eigenvalue weighted by Gasteiger charge is -2.35. The molecule has 1 aromatic heterocycles. The molecule has 1 saturated carbocycles. The van der Waals surface area contributed by atoms with E-state index < -0.39 is 35.5 Å². The SMILES string of the molecule is COc1ncc(C2CCC2)cc1CN[C@H]1[C@H](C(C)(C)C)[C@@H](C(=O)O)N(C(=O)OC(C)C)[C@H]1c1ccccc1C. The van der Waals surface area contributed by atoms with E-state index in [4.69, 9.17) is 9.47 Å². The van der Waals surface area contributed by atoms with Gasteiger partial charge >= 0.3 is 12.1 Å². The third-order valence-corrected chi connectivity index (χ3v) is 8.22. The highest BCUT2D eigenvalue weighted by molar-refractivity contribution is 5.82. The van der Waals surface area contributed by atoms with Crippen LogP contribution in [0.2, 0.25) is 0 Å². The molecule has 4 rings (SSSR count). The number of nitrogens with zero attached hydrogens (tertiary/aromatic N) is 2. The summed E-state index contributed by atoms with van der Waals surface area (Å²) in [6.07, 6.45) is 4.47. The van der Waals surface area contributed by atoms with Gasteiger partial charge in [0.05, 0.1) is 19.3 Å². The summed E-state index contributed by atoms with van der Waals surface area (Å²) < 4.78 is 11.2. The quantitative estimate of drug-likeness (QED) is 0.436. The molecule has 0 unspecified atom stereocenters. The van der Waals surface area contributed by atoms with Gasteiger partial charge in [-0.3, -0.25) is 4.90 Å². The Kier molecular flexibility index (Phi) is 8.54. The Hall–Kier alpha value is -3.13. The summed E-state index contributed by atoms with van der Waals surface area (Å²) in [4.78, 5) is 32.5. The van der Waals surface area contributed by atoms with E-state index >= 15 is 0 Å². The van der Waals surface area contributed by atoms with Crippen molar-refractivity contribution in [1.29, 1.82) is 0 Å². The Bertz CT molecular complexity index is 1190. The monoisotopic (exact) mass is 537 g/mol. The molecule has 2 aromatic rings. The number of hydrogen-bond acceptors (Lipinski definition) is 6. The molecule has 1 aliphatic heterocycles. The number of carbonyl (C=O) groups is 2. The van der Waals surface area contributed by atoms with E-state index in [-0.39, 0.29) is 12.1 Å². The minimum absolute atomic E-state index is 0.371. The molecular weight excluding hydrogens is 494 g/mol. The number of methoxy groups -OCH3 is 1. The number of likely N-dealkylation sites (tertiary alicyclic amines) is 1. The summed E-state index contributed by atoms with van der Waals surface area (Å²) >= 11 is 0. The van der Waals surface area contributed by atoms with Crippen molar-refractivity contribution in [3.8, 4) is 5.88 Å². The van der Waals surface area contributed by atoms with E-state index in [1.807, 2.05) is 58.2 Å². The van der Waals surface area contributed by atoms with Gasteiger partial charge in [-0.2, -0.15) is 0 Å². The molecular formula is C31H43N3O5. The van der Waals surface area contributed by atoms with Crippen molar-refractivity contribution in [3.63, 3.8) is 0 Å². The molecule has 0 bridgehead atoms. The fourth-order valence-corrected chi connectivity index (χ4v) is 6.21. The average Bonchev–Trinajstić information content (AvgIpc) is 3.17. The lowest BCUT2D eigenvalue weighted by molar-refractivity contribution is -0.144. The second kappa shape index (κ2) is 11.5. The molecule has 1 aromatic carbocycles. The van der Waals surface area contributed by atoms with Crippen molar-refractivity contribution in [2.75, 3.05) is 7.11 Å². The molecule has 2 heterocycles. The molecule has 2 fully saturated rings. The summed E-state index contributed by atoms with van der Waals surface area (Å²) in [5.74, 6) is -0.375. The normalized spacial score (nSPS) is 23.5. The van der Waals surface area contributed by atoms with Gasteiger partial charge in [-0.1, -0.05) is 51.5 Å². The van der Waals surface area contributed by atoms with Crippen molar-refractivity contribution >= 4 is 12.1 Å². The van der Waals surface area contributed by atoms with Crippen LogP contribution in [-0.2, 0) is 16.1 Å². The molecule has 212 valence electrons. The maximum absolute atomic E-state index is 13.6. The number of carboxylic acid groups (broad SMARTS) is 1. The van der Waals surface area contributed by atoms with Gasteiger partial charge < -0.3 is 19.9 Å². The third kappa shape index (κ3) is 5.91. The Labute approximate surface area is 232 Å². The highest BCUT2D eigenvalue weighted by Crippen LogP contribution is 2.49. The van der Waals surface area contributed by atoms with Crippen LogP contribution < -0.4 is 10.1 Å². The van der Waals surface area contributed by atoms with E-state index in [0.717, 1.165) is 29.5 Å². The molecule has 39 heavy (non-hydrogen) atoms. The number of pyridine rings is 1. The first-order valence-electron chi connectivity index (χ1n) is 14.0. The van der Waals surface area contributed by atoms with Gasteiger partial charge in [0.25, 0.3) is 0 Å². The van der Waals surface area contributed by atoms with Crippen LogP contribution in [0, 0.1) is 18.3 Å². The van der Waals surface area contributed by atoms with Gasteiger partial charge in [-0.05, 0) is 67.7 Å². The predicted molar refractivity (Wildman–Crippen MR) is 150 cm³/mol. The van der Waals surface area contributed by atoms with Crippen molar-refractivity contribution in [1.82, 2.24) is 15.2 Å². The second-order valence-electron chi connectivity index (χ2n) is 12.3. The van der Waals surface area contributed by atoms with Crippen molar-refractivity contribution in [3.05, 3.63) is 58.8 Å². The maximum Gasteiger partial charge on any atom is 0.411 e. The molecule has 8 heteroatoms. The first kappa shape index (κ1) is 28.9. The molecule has 4 atom stereocenters. The van der Waals surface area contributed by atoms with Crippen LogP contribution >= 0.6 is 0 Å².